The van der Waals surface area contributed by atoms with Crippen LogP contribution < -0.4 is 0 Å². The summed E-state index contributed by atoms with van der Waals surface area (Å²) in [5.74, 6) is 0.487. The van der Waals surface area contributed by atoms with Crippen LogP contribution in [0.5, 0.6) is 0 Å². The summed E-state index contributed by atoms with van der Waals surface area (Å²) < 4.78 is 1.08. The van der Waals surface area contributed by atoms with Gasteiger partial charge in [0.2, 0.25) is 0 Å². The van der Waals surface area contributed by atoms with Crippen molar-refractivity contribution in [2.75, 3.05) is 0 Å². The molecule has 0 aliphatic heterocycles. The van der Waals surface area contributed by atoms with Gasteiger partial charge in [-0.2, -0.15) is 0 Å². The van der Waals surface area contributed by atoms with E-state index in [1.54, 1.807) is 11.3 Å². The fourth-order valence-corrected chi connectivity index (χ4v) is 2.29. The van der Waals surface area contributed by atoms with Crippen molar-refractivity contribution in [2.24, 2.45) is 0 Å². The molecule has 1 aromatic carbocycles. The third-order valence-corrected chi connectivity index (χ3v) is 3.60. The van der Waals surface area contributed by atoms with Crippen LogP contribution >= 0.6 is 38.9 Å². The molecule has 0 saturated heterocycles. The number of nitrogens with zero attached hydrogens (tertiary/aromatic N) is 1. The second-order valence-electron chi connectivity index (χ2n) is 2.77. The van der Waals surface area contributed by atoms with Gasteiger partial charge in [0, 0.05) is 15.4 Å². The first-order valence-electron chi connectivity index (χ1n) is 4.06. The lowest BCUT2D eigenvalue weighted by molar-refractivity contribution is 1.26. The molecule has 0 radical (unpaired) electrons. The Morgan fingerprint density at radius 2 is 2.00 bits per heavy atom. The highest BCUT2D eigenvalue weighted by atomic mass is 79.9. The summed E-state index contributed by atoms with van der Waals surface area (Å²) in [6.07, 6.45) is 0. The molecule has 4 heteroatoms. The van der Waals surface area contributed by atoms with Gasteiger partial charge in [-0.25, -0.2) is 4.98 Å². The average molecular weight is 289 g/mol. The summed E-state index contributed by atoms with van der Waals surface area (Å²) in [6.45, 7) is 0. The summed E-state index contributed by atoms with van der Waals surface area (Å²) in [6, 6.07) is 8.10. The average Bonchev–Trinajstić information content (AvgIpc) is 2.67. The van der Waals surface area contributed by atoms with Crippen LogP contribution in [-0.2, 0) is 5.88 Å². The van der Waals surface area contributed by atoms with Crippen molar-refractivity contribution >= 4 is 38.9 Å². The largest absolute Gasteiger partial charge is 0.240 e. The number of aromatic nitrogens is 1. The molecule has 2 rings (SSSR count). The van der Waals surface area contributed by atoms with E-state index in [2.05, 4.69) is 20.9 Å². The summed E-state index contributed by atoms with van der Waals surface area (Å²) >= 11 is 10.7. The van der Waals surface area contributed by atoms with E-state index in [1.807, 2.05) is 29.6 Å². The molecule has 0 bridgehead atoms. The molecular formula is C10H7BrClNS. The highest BCUT2D eigenvalue weighted by Gasteiger charge is 2.02. The van der Waals surface area contributed by atoms with E-state index in [1.165, 1.54) is 0 Å². The lowest BCUT2D eigenvalue weighted by Crippen LogP contribution is -1.78. The van der Waals surface area contributed by atoms with Crippen molar-refractivity contribution < 1.29 is 0 Å². The molecule has 2 aromatic rings. The Hall–Kier alpha value is -0.380. The molecule has 14 heavy (non-hydrogen) atoms. The molecule has 0 saturated carbocycles. The number of rotatable bonds is 2. The lowest BCUT2D eigenvalue weighted by atomic mass is 10.2. The van der Waals surface area contributed by atoms with E-state index >= 15 is 0 Å². The smallest absolute Gasteiger partial charge is 0.108 e. The van der Waals surface area contributed by atoms with Crippen molar-refractivity contribution in [1.82, 2.24) is 4.98 Å². The quantitative estimate of drug-likeness (QED) is 0.750. The van der Waals surface area contributed by atoms with E-state index in [9.17, 15) is 0 Å². The van der Waals surface area contributed by atoms with Gasteiger partial charge >= 0.3 is 0 Å². The maximum Gasteiger partial charge on any atom is 0.108 e. The van der Waals surface area contributed by atoms with Crippen LogP contribution in [0.1, 0.15) is 5.01 Å². The first-order valence-corrected chi connectivity index (χ1v) is 6.26. The highest BCUT2D eigenvalue weighted by molar-refractivity contribution is 9.10. The Balaban J connectivity index is 2.34. The molecule has 0 spiro atoms. The Bertz CT molecular complexity index is 424. The van der Waals surface area contributed by atoms with Gasteiger partial charge in [-0.1, -0.05) is 28.1 Å². The van der Waals surface area contributed by atoms with Gasteiger partial charge in [-0.05, 0) is 12.1 Å². The van der Waals surface area contributed by atoms with Crippen molar-refractivity contribution in [3.8, 4) is 11.3 Å². The van der Waals surface area contributed by atoms with Crippen LogP contribution in [0.2, 0.25) is 0 Å². The first kappa shape index (κ1) is 10.1. The minimum absolute atomic E-state index is 0.487. The number of alkyl halides is 1. The molecular weight excluding hydrogens is 282 g/mol. The normalized spacial score (nSPS) is 10.4. The topological polar surface area (TPSA) is 12.9 Å². The number of halogens is 2. The minimum Gasteiger partial charge on any atom is -0.240 e. The Kier molecular flexibility index (Phi) is 3.21. The van der Waals surface area contributed by atoms with Crippen LogP contribution in [0.3, 0.4) is 0 Å². The second kappa shape index (κ2) is 4.43. The maximum absolute atomic E-state index is 5.69. The summed E-state index contributed by atoms with van der Waals surface area (Å²) in [5.41, 5.74) is 2.12. The standard InChI is InChI=1S/C10H7BrClNS/c11-8-3-1-7(2-4-8)9-6-14-10(5-12)13-9/h1-4,6H,5H2. The molecule has 0 unspecified atom stereocenters. The maximum atomic E-state index is 5.69. The third kappa shape index (κ3) is 2.16. The number of thiazole rings is 1. The van der Waals surface area contributed by atoms with Crippen LogP contribution in [0, 0.1) is 0 Å². The number of benzene rings is 1. The second-order valence-corrected chi connectivity index (χ2v) is 4.89. The van der Waals surface area contributed by atoms with Crippen LogP contribution in [0.25, 0.3) is 11.3 Å². The fraction of sp³-hybridized carbons (Fsp3) is 0.100. The van der Waals surface area contributed by atoms with E-state index in [0.717, 1.165) is 20.7 Å². The Morgan fingerprint density at radius 1 is 1.29 bits per heavy atom. The third-order valence-electron chi connectivity index (χ3n) is 1.81. The van der Waals surface area contributed by atoms with Gasteiger partial charge in [0.05, 0.1) is 11.6 Å². The molecule has 0 N–H and O–H groups in total. The number of hydrogen-bond acceptors (Lipinski definition) is 2. The van der Waals surface area contributed by atoms with Crippen LogP contribution in [-0.4, -0.2) is 4.98 Å². The summed E-state index contributed by atoms with van der Waals surface area (Å²) in [4.78, 5) is 4.40. The van der Waals surface area contributed by atoms with Gasteiger partial charge in [-0.15, -0.1) is 22.9 Å². The predicted octanol–water partition coefficient (Wildman–Crippen LogP) is 4.31. The molecule has 72 valence electrons. The zero-order chi connectivity index (χ0) is 9.97. The monoisotopic (exact) mass is 287 g/mol. The van der Waals surface area contributed by atoms with E-state index in [4.69, 9.17) is 11.6 Å². The van der Waals surface area contributed by atoms with Crippen molar-refractivity contribution in [1.29, 1.82) is 0 Å². The zero-order valence-corrected chi connectivity index (χ0v) is 10.4. The Labute approximate surface area is 99.9 Å². The van der Waals surface area contributed by atoms with Gasteiger partial charge in [0.25, 0.3) is 0 Å². The summed E-state index contributed by atoms with van der Waals surface area (Å²) in [7, 11) is 0. The molecule has 1 aromatic heterocycles. The fourth-order valence-electron chi connectivity index (χ4n) is 1.13. The highest BCUT2D eigenvalue weighted by Crippen LogP contribution is 2.24. The van der Waals surface area contributed by atoms with E-state index in [0.29, 0.717) is 5.88 Å². The molecule has 0 amide bonds. The predicted molar refractivity (Wildman–Crippen MR) is 64.8 cm³/mol. The Morgan fingerprint density at radius 3 is 2.57 bits per heavy atom. The first-order chi connectivity index (χ1) is 6.79. The van der Waals surface area contributed by atoms with Gasteiger partial charge in [0.15, 0.2) is 0 Å². The van der Waals surface area contributed by atoms with Gasteiger partial charge < -0.3 is 0 Å². The van der Waals surface area contributed by atoms with Crippen LogP contribution in [0.15, 0.2) is 34.1 Å². The minimum atomic E-state index is 0.487. The lowest BCUT2D eigenvalue weighted by Gasteiger charge is -1.95. The molecule has 0 atom stereocenters. The van der Waals surface area contributed by atoms with Gasteiger partial charge in [0.1, 0.15) is 5.01 Å². The van der Waals surface area contributed by atoms with Crippen molar-refractivity contribution in [3.05, 3.63) is 39.1 Å². The number of hydrogen-bond donors (Lipinski definition) is 0. The van der Waals surface area contributed by atoms with Crippen molar-refractivity contribution in [3.63, 3.8) is 0 Å². The van der Waals surface area contributed by atoms with E-state index < -0.39 is 0 Å². The molecule has 0 aliphatic carbocycles. The van der Waals surface area contributed by atoms with E-state index in [-0.39, 0.29) is 0 Å². The molecule has 0 fully saturated rings. The molecule has 1 nitrogen and oxygen atoms in total. The summed E-state index contributed by atoms with van der Waals surface area (Å²) in [5, 5.41) is 2.99. The molecule has 1 heterocycles. The van der Waals surface area contributed by atoms with Crippen molar-refractivity contribution in [2.45, 2.75) is 5.88 Å². The zero-order valence-electron chi connectivity index (χ0n) is 7.21. The molecule has 0 aliphatic rings. The van der Waals surface area contributed by atoms with Gasteiger partial charge in [-0.3, -0.25) is 0 Å². The SMILES string of the molecule is ClCc1nc(-c2ccc(Br)cc2)cs1. The van der Waals surface area contributed by atoms with Crippen LogP contribution in [0.4, 0.5) is 0 Å².